The van der Waals surface area contributed by atoms with Crippen molar-refractivity contribution in [1.82, 2.24) is 4.90 Å². The quantitative estimate of drug-likeness (QED) is 0.825. The Morgan fingerprint density at radius 1 is 1.32 bits per heavy atom. The summed E-state index contributed by atoms with van der Waals surface area (Å²) in [7, 11) is 2.03. The Morgan fingerprint density at radius 2 is 1.95 bits per heavy atom. The van der Waals surface area contributed by atoms with Gasteiger partial charge in [-0.15, -0.1) is 0 Å². The van der Waals surface area contributed by atoms with E-state index in [0.29, 0.717) is 29.3 Å². The molecule has 1 aromatic carbocycles. The predicted molar refractivity (Wildman–Crippen MR) is 90.5 cm³/mol. The normalized spacial score (nSPS) is 13.3. The summed E-state index contributed by atoms with van der Waals surface area (Å²) in [6, 6.07) is 6.88. The van der Waals surface area contributed by atoms with Gasteiger partial charge in [-0.1, -0.05) is 23.7 Å². The molecule has 0 saturated heterocycles. The fourth-order valence-corrected chi connectivity index (χ4v) is 2.95. The molecule has 0 aliphatic rings. The molecular formula is C15H21ClN2O3S. The van der Waals surface area contributed by atoms with Crippen molar-refractivity contribution in [3.8, 4) is 0 Å². The largest absolute Gasteiger partial charge is 0.349 e. The van der Waals surface area contributed by atoms with Crippen molar-refractivity contribution in [2.75, 3.05) is 25.2 Å². The lowest BCUT2D eigenvalue weighted by Crippen LogP contribution is -2.30. The molecule has 0 saturated carbocycles. The average molecular weight is 345 g/mol. The Labute approximate surface area is 138 Å². The summed E-state index contributed by atoms with van der Waals surface area (Å²) in [6.45, 7) is 1.61. The summed E-state index contributed by atoms with van der Waals surface area (Å²) in [5.41, 5.74) is 0.501. The van der Waals surface area contributed by atoms with Crippen LogP contribution in [0.3, 0.4) is 0 Å². The zero-order valence-electron chi connectivity index (χ0n) is 13.0. The van der Waals surface area contributed by atoms with Crippen molar-refractivity contribution < 1.29 is 13.8 Å². The van der Waals surface area contributed by atoms with Crippen LogP contribution in [0, 0.1) is 0 Å². The van der Waals surface area contributed by atoms with Crippen molar-refractivity contribution >= 4 is 39.9 Å². The van der Waals surface area contributed by atoms with Gasteiger partial charge in [0.15, 0.2) is 0 Å². The van der Waals surface area contributed by atoms with Gasteiger partial charge in [-0.05, 0) is 25.5 Å². The van der Waals surface area contributed by atoms with Crippen LogP contribution in [-0.4, -0.2) is 46.0 Å². The van der Waals surface area contributed by atoms with Gasteiger partial charge in [0.2, 0.25) is 11.8 Å². The van der Waals surface area contributed by atoms with Gasteiger partial charge in [0.1, 0.15) is 5.25 Å². The van der Waals surface area contributed by atoms with Crippen LogP contribution in [0.15, 0.2) is 24.3 Å². The highest BCUT2D eigenvalue weighted by Gasteiger charge is 2.20. The molecule has 7 heteroatoms. The molecule has 1 aromatic rings. The summed E-state index contributed by atoms with van der Waals surface area (Å²) in [6.07, 6.45) is 0.824. The van der Waals surface area contributed by atoms with Gasteiger partial charge in [0.25, 0.3) is 0 Å². The van der Waals surface area contributed by atoms with E-state index in [1.54, 1.807) is 45.3 Å². The first-order chi connectivity index (χ1) is 10.3. The topological polar surface area (TPSA) is 66.5 Å². The lowest BCUT2D eigenvalue weighted by Gasteiger charge is -2.13. The number of hydrogen-bond acceptors (Lipinski definition) is 3. The van der Waals surface area contributed by atoms with Gasteiger partial charge in [-0.3, -0.25) is 13.8 Å². The van der Waals surface area contributed by atoms with E-state index in [1.807, 2.05) is 0 Å². The van der Waals surface area contributed by atoms with E-state index in [0.717, 1.165) is 0 Å². The highest BCUT2D eigenvalue weighted by atomic mass is 35.5. The van der Waals surface area contributed by atoms with Crippen LogP contribution in [-0.2, 0) is 20.4 Å². The molecule has 0 bridgehead atoms. The van der Waals surface area contributed by atoms with Gasteiger partial charge in [0.05, 0.1) is 10.7 Å². The summed E-state index contributed by atoms with van der Waals surface area (Å²) in [5, 5.41) is 2.44. The van der Waals surface area contributed by atoms with Gasteiger partial charge in [0, 0.05) is 37.1 Å². The zero-order valence-corrected chi connectivity index (χ0v) is 14.5. The molecule has 5 nitrogen and oxygen atoms in total. The van der Waals surface area contributed by atoms with Gasteiger partial charge in [-0.25, -0.2) is 0 Å². The minimum absolute atomic E-state index is 0.00910. The second-order valence-corrected chi connectivity index (χ2v) is 7.37. The fourth-order valence-electron chi connectivity index (χ4n) is 1.68. The minimum atomic E-state index is -1.33. The van der Waals surface area contributed by atoms with Crippen molar-refractivity contribution in [3.05, 3.63) is 29.3 Å². The number of nitrogens with one attached hydrogen (secondary N) is 1. The number of amides is 2. The number of halogens is 1. The monoisotopic (exact) mass is 344 g/mol. The summed E-state index contributed by atoms with van der Waals surface area (Å²) in [4.78, 5) is 25.0. The molecule has 2 amide bonds. The van der Waals surface area contributed by atoms with E-state index in [1.165, 1.54) is 4.90 Å². The number of hydrogen-bond donors (Lipinski definition) is 1. The molecule has 0 radical (unpaired) electrons. The summed E-state index contributed by atoms with van der Waals surface area (Å²) in [5.74, 6) is -0.0352. The zero-order chi connectivity index (χ0) is 16.7. The molecule has 0 unspecified atom stereocenters. The van der Waals surface area contributed by atoms with Crippen molar-refractivity contribution in [2.24, 2.45) is 0 Å². The Balaban J connectivity index is 2.47. The van der Waals surface area contributed by atoms with E-state index < -0.39 is 16.0 Å². The molecule has 1 rings (SSSR count). The minimum Gasteiger partial charge on any atom is -0.349 e. The third kappa shape index (κ3) is 5.77. The first-order valence-corrected chi connectivity index (χ1v) is 8.71. The second-order valence-electron chi connectivity index (χ2n) is 5.09. The molecule has 0 fully saturated rings. The number of anilines is 1. The SMILES string of the molecule is C[C@H](C(=O)Nc1ccccc1Cl)[S@@](=O)CCCC(=O)N(C)C. The molecule has 0 aromatic heterocycles. The van der Waals surface area contributed by atoms with E-state index >= 15 is 0 Å². The Morgan fingerprint density at radius 3 is 2.55 bits per heavy atom. The van der Waals surface area contributed by atoms with Gasteiger partial charge >= 0.3 is 0 Å². The molecule has 22 heavy (non-hydrogen) atoms. The lowest BCUT2D eigenvalue weighted by molar-refractivity contribution is -0.128. The van der Waals surface area contributed by atoms with Crippen molar-refractivity contribution in [2.45, 2.75) is 25.0 Å². The highest BCUT2D eigenvalue weighted by Crippen LogP contribution is 2.20. The molecule has 0 aliphatic carbocycles. The van der Waals surface area contributed by atoms with Crippen LogP contribution in [0.4, 0.5) is 5.69 Å². The van der Waals surface area contributed by atoms with Gasteiger partial charge in [-0.2, -0.15) is 0 Å². The van der Waals surface area contributed by atoms with Crippen LogP contribution in [0.25, 0.3) is 0 Å². The van der Waals surface area contributed by atoms with Gasteiger partial charge < -0.3 is 10.2 Å². The molecule has 0 spiro atoms. The number of nitrogens with zero attached hydrogens (tertiary/aromatic N) is 1. The van der Waals surface area contributed by atoms with E-state index in [9.17, 15) is 13.8 Å². The highest BCUT2D eigenvalue weighted by molar-refractivity contribution is 7.86. The lowest BCUT2D eigenvalue weighted by atomic mass is 10.3. The third-order valence-corrected chi connectivity index (χ3v) is 5.15. The molecule has 1 N–H and O–H groups in total. The number of carbonyl (C=O) groups excluding carboxylic acids is 2. The number of benzene rings is 1. The maximum absolute atomic E-state index is 12.1. The summed E-state index contributed by atoms with van der Waals surface area (Å²) < 4.78 is 12.1. The average Bonchev–Trinajstić information content (AvgIpc) is 2.48. The standard InChI is InChI=1S/C15H21ClN2O3S/c1-11(22(21)10-6-9-14(19)18(2)3)15(20)17-13-8-5-4-7-12(13)16/h4-5,7-8,11H,6,9-10H2,1-3H3,(H,17,20)/t11-,22+/m1/s1. The predicted octanol–water partition coefficient (Wildman–Crippen LogP) is 2.28. The molecule has 2 atom stereocenters. The van der Waals surface area contributed by atoms with E-state index in [4.69, 9.17) is 11.6 Å². The first-order valence-electron chi connectivity index (χ1n) is 6.95. The summed E-state index contributed by atoms with van der Waals surface area (Å²) >= 11 is 5.97. The van der Waals surface area contributed by atoms with Crippen molar-refractivity contribution in [3.63, 3.8) is 0 Å². The Kier molecular flexibility index (Phi) is 7.55. The molecule has 0 heterocycles. The van der Waals surface area contributed by atoms with E-state index in [-0.39, 0.29) is 11.8 Å². The van der Waals surface area contributed by atoms with Crippen molar-refractivity contribution in [1.29, 1.82) is 0 Å². The van der Waals surface area contributed by atoms with Crippen LogP contribution in [0.2, 0.25) is 5.02 Å². The van der Waals surface area contributed by atoms with E-state index in [2.05, 4.69) is 5.32 Å². The molecular weight excluding hydrogens is 324 g/mol. The van der Waals surface area contributed by atoms with Crippen LogP contribution in [0.5, 0.6) is 0 Å². The second kappa shape index (κ2) is 8.90. The number of carbonyl (C=O) groups is 2. The maximum Gasteiger partial charge on any atom is 0.239 e. The van der Waals surface area contributed by atoms with Crippen LogP contribution >= 0.6 is 11.6 Å². The number of para-hydroxylation sites is 1. The Hall–Kier alpha value is -1.40. The molecule has 0 aliphatic heterocycles. The number of rotatable bonds is 7. The fraction of sp³-hybridized carbons (Fsp3) is 0.467. The maximum atomic E-state index is 12.1. The smallest absolute Gasteiger partial charge is 0.239 e. The Bertz CT molecular complexity index is 563. The first kappa shape index (κ1) is 18.6. The van der Waals surface area contributed by atoms with Crippen LogP contribution < -0.4 is 5.32 Å². The molecule has 122 valence electrons. The third-order valence-electron chi connectivity index (χ3n) is 3.13. The van der Waals surface area contributed by atoms with Crippen LogP contribution in [0.1, 0.15) is 19.8 Å².